The summed E-state index contributed by atoms with van der Waals surface area (Å²) in [6.07, 6.45) is 2.48. The van der Waals surface area contributed by atoms with E-state index in [9.17, 15) is 5.11 Å². The fourth-order valence-corrected chi connectivity index (χ4v) is 5.67. The van der Waals surface area contributed by atoms with E-state index in [0.29, 0.717) is 51.5 Å². The Hall–Kier alpha value is -3.89. The molecule has 0 bridgehead atoms. The van der Waals surface area contributed by atoms with Crippen molar-refractivity contribution in [2.75, 3.05) is 18.5 Å². The SMILES string of the molecule is N#Cc1ncc(-c2cc(F)c3c(c2)CC[C@@H]3Nc2nc3nc(O[C@@H]4CO[C@H]5[C@@H]4OC[C@H]5O)[nH]c3cc2Cl)cn1. The number of nitrogens with one attached hydrogen (secondary N) is 2. The molecule has 3 aliphatic rings. The number of rotatable bonds is 5. The van der Waals surface area contributed by atoms with E-state index < -0.39 is 18.3 Å². The van der Waals surface area contributed by atoms with Crippen molar-refractivity contribution in [2.24, 2.45) is 0 Å². The predicted octanol–water partition coefficient (Wildman–Crippen LogP) is 3.08. The highest BCUT2D eigenvalue weighted by Gasteiger charge is 2.48. The van der Waals surface area contributed by atoms with Gasteiger partial charge in [0.15, 0.2) is 11.8 Å². The van der Waals surface area contributed by atoms with Gasteiger partial charge in [-0.25, -0.2) is 19.3 Å². The first kappa shape index (κ1) is 24.2. The number of aryl methyl sites for hydroxylation is 1. The molecule has 0 amide bonds. The number of anilines is 1. The minimum Gasteiger partial charge on any atom is -0.456 e. The molecule has 0 saturated carbocycles. The molecule has 0 spiro atoms. The second kappa shape index (κ2) is 9.39. The number of imidazole rings is 1. The van der Waals surface area contributed by atoms with Crippen LogP contribution in [0.4, 0.5) is 10.2 Å². The second-order valence-corrected chi connectivity index (χ2v) is 10.1. The Bertz CT molecular complexity index is 1630. The lowest BCUT2D eigenvalue weighted by Gasteiger charge is -2.17. The fraction of sp³-hybridized carbons (Fsp3) is 0.346. The van der Waals surface area contributed by atoms with Crippen LogP contribution in [0.3, 0.4) is 0 Å². The van der Waals surface area contributed by atoms with Crippen LogP contribution in [0.1, 0.15) is 29.4 Å². The fourth-order valence-electron chi connectivity index (χ4n) is 5.47. The first-order valence-corrected chi connectivity index (χ1v) is 12.8. The molecule has 13 heteroatoms. The molecule has 1 aliphatic carbocycles. The van der Waals surface area contributed by atoms with Crippen LogP contribution in [0, 0.1) is 17.1 Å². The summed E-state index contributed by atoms with van der Waals surface area (Å²) >= 11 is 6.54. The molecule has 39 heavy (non-hydrogen) atoms. The van der Waals surface area contributed by atoms with Crippen LogP contribution in [0.25, 0.3) is 22.3 Å². The van der Waals surface area contributed by atoms with Gasteiger partial charge in [0.05, 0.1) is 29.8 Å². The van der Waals surface area contributed by atoms with E-state index in [0.717, 1.165) is 5.56 Å². The lowest BCUT2D eigenvalue weighted by molar-refractivity contribution is 0.00706. The van der Waals surface area contributed by atoms with Crippen molar-refractivity contribution in [3.63, 3.8) is 0 Å². The molecule has 2 saturated heterocycles. The normalized spacial score (nSPS) is 25.4. The molecule has 0 unspecified atom stereocenters. The highest BCUT2D eigenvalue weighted by atomic mass is 35.5. The molecule has 3 N–H and O–H groups in total. The van der Waals surface area contributed by atoms with Crippen LogP contribution in [-0.2, 0) is 15.9 Å². The van der Waals surface area contributed by atoms with E-state index in [1.54, 1.807) is 6.07 Å². The molecule has 1 aromatic carbocycles. The second-order valence-electron chi connectivity index (χ2n) is 9.73. The molecule has 2 fully saturated rings. The third-order valence-corrected chi connectivity index (χ3v) is 7.60. The standard InChI is InChI=1S/C26H21ClFN7O4/c27-14-5-17-25(35-26(33-17)39-19-10-38-22-18(36)9-37-23(19)22)34-24(14)32-16-2-1-11-3-12(4-15(28)21(11)16)13-7-30-20(6-29)31-8-13/h3-5,7-8,16,18-19,22-23,36H,1-2,9-10H2,(H2,32,33,34,35)/t16-,18+,19+,22+,23+/m0/s1. The summed E-state index contributed by atoms with van der Waals surface area (Å²) in [5.74, 6) is 0.0897. The third-order valence-electron chi connectivity index (χ3n) is 7.31. The number of halogens is 2. The molecule has 2 aliphatic heterocycles. The first-order valence-electron chi connectivity index (χ1n) is 12.4. The van der Waals surface area contributed by atoms with Crippen LogP contribution in [0.2, 0.25) is 5.02 Å². The summed E-state index contributed by atoms with van der Waals surface area (Å²) in [4.78, 5) is 20.0. The van der Waals surface area contributed by atoms with E-state index in [-0.39, 0.29) is 43.0 Å². The Morgan fingerprint density at radius 3 is 2.77 bits per heavy atom. The van der Waals surface area contributed by atoms with Crippen molar-refractivity contribution in [1.29, 1.82) is 5.26 Å². The van der Waals surface area contributed by atoms with Gasteiger partial charge in [0.25, 0.3) is 6.01 Å². The molecule has 3 aromatic heterocycles. The number of benzene rings is 1. The van der Waals surface area contributed by atoms with Gasteiger partial charge in [0.2, 0.25) is 5.82 Å². The van der Waals surface area contributed by atoms with Gasteiger partial charge in [-0.3, -0.25) is 0 Å². The van der Waals surface area contributed by atoms with Crippen LogP contribution in [0.15, 0.2) is 30.6 Å². The Balaban J connectivity index is 1.11. The van der Waals surface area contributed by atoms with Gasteiger partial charge in [-0.1, -0.05) is 17.7 Å². The molecule has 198 valence electrons. The Morgan fingerprint density at radius 1 is 1.13 bits per heavy atom. The molecule has 7 rings (SSSR count). The van der Waals surface area contributed by atoms with Crippen molar-refractivity contribution in [1.82, 2.24) is 24.9 Å². The number of H-pyrrole nitrogens is 1. The zero-order valence-corrected chi connectivity index (χ0v) is 21.0. The minimum absolute atomic E-state index is 0.0606. The Kier molecular flexibility index (Phi) is 5.82. The van der Waals surface area contributed by atoms with Gasteiger partial charge in [0, 0.05) is 23.5 Å². The first-order chi connectivity index (χ1) is 19.0. The van der Waals surface area contributed by atoms with Gasteiger partial charge in [-0.05, 0) is 36.1 Å². The van der Waals surface area contributed by atoms with Crippen LogP contribution in [0.5, 0.6) is 6.01 Å². The summed E-state index contributed by atoms with van der Waals surface area (Å²) < 4.78 is 32.5. The maximum Gasteiger partial charge on any atom is 0.296 e. The van der Waals surface area contributed by atoms with Crippen LogP contribution >= 0.6 is 11.6 Å². The zero-order chi connectivity index (χ0) is 26.7. The number of hydrogen-bond acceptors (Lipinski definition) is 10. The largest absolute Gasteiger partial charge is 0.456 e. The van der Waals surface area contributed by atoms with Gasteiger partial charge in [-0.2, -0.15) is 10.2 Å². The molecule has 0 radical (unpaired) electrons. The highest BCUT2D eigenvalue weighted by molar-refractivity contribution is 6.33. The van der Waals surface area contributed by atoms with E-state index in [4.69, 9.17) is 31.1 Å². The van der Waals surface area contributed by atoms with Crippen LogP contribution in [-0.4, -0.2) is 67.7 Å². The zero-order valence-electron chi connectivity index (χ0n) is 20.3. The quantitative estimate of drug-likeness (QED) is 0.338. The molecule has 11 nitrogen and oxygen atoms in total. The number of fused-ring (bicyclic) bond motifs is 3. The summed E-state index contributed by atoms with van der Waals surface area (Å²) in [5, 5.41) is 22.5. The van der Waals surface area contributed by atoms with Gasteiger partial charge < -0.3 is 29.6 Å². The van der Waals surface area contributed by atoms with Gasteiger partial charge in [0.1, 0.15) is 36.0 Å². The lowest BCUT2D eigenvalue weighted by atomic mass is 10.0. The maximum absolute atomic E-state index is 15.3. The molecular formula is C26H21ClFN7O4. The molecule has 5 atom stereocenters. The Morgan fingerprint density at radius 2 is 1.95 bits per heavy atom. The summed E-state index contributed by atoms with van der Waals surface area (Å²) in [6.45, 7) is 0.481. The van der Waals surface area contributed by atoms with Crippen molar-refractivity contribution < 1.29 is 23.7 Å². The van der Waals surface area contributed by atoms with Crippen molar-refractivity contribution in [2.45, 2.75) is 43.3 Å². The van der Waals surface area contributed by atoms with Crippen molar-refractivity contribution in [3.8, 4) is 23.2 Å². The van der Waals surface area contributed by atoms with E-state index in [2.05, 4.69) is 30.2 Å². The molecular weight excluding hydrogens is 529 g/mol. The van der Waals surface area contributed by atoms with Crippen molar-refractivity contribution >= 4 is 28.6 Å². The van der Waals surface area contributed by atoms with E-state index in [1.165, 1.54) is 18.5 Å². The number of aliphatic hydroxyl groups is 1. The van der Waals surface area contributed by atoms with Crippen LogP contribution < -0.4 is 10.1 Å². The average Bonchev–Trinajstić information content (AvgIpc) is 3.71. The number of ether oxygens (including phenoxy) is 3. The minimum atomic E-state index is -0.671. The predicted molar refractivity (Wildman–Crippen MR) is 136 cm³/mol. The topological polar surface area (TPSA) is 151 Å². The molecule has 5 heterocycles. The highest BCUT2D eigenvalue weighted by Crippen LogP contribution is 2.39. The van der Waals surface area contributed by atoms with E-state index >= 15 is 4.39 Å². The summed E-state index contributed by atoms with van der Waals surface area (Å²) in [6, 6.07) is 6.84. The van der Waals surface area contributed by atoms with Gasteiger partial charge in [-0.15, -0.1) is 0 Å². The maximum atomic E-state index is 15.3. The number of aromatic nitrogens is 5. The smallest absolute Gasteiger partial charge is 0.296 e. The monoisotopic (exact) mass is 549 g/mol. The lowest BCUT2D eigenvalue weighted by Crippen LogP contribution is -2.34. The number of hydrogen-bond donors (Lipinski definition) is 3. The number of aromatic amines is 1. The number of nitrogens with zero attached hydrogens (tertiary/aromatic N) is 5. The number of aliphatic hydroxyl groups excluding tert-OH is 1. The summed E-state index contributed by atoms with van der Waals surface area (Å²) in [5.41, 5.74) is 3.68. The molecule has 4 aromatic rings. The summed E-state index contributed by atoms with van der Waals surface area (Å²) in [7, 11) is 0. The third kappa shape index (κ3) is 4.24. The Labute approximate surface area is 225 Å². The van der Waals surface area contributed by atoms with Gasteiger partial charge >= 0.3 is 0 Å². The number of pyridine rings is 1. The van der Waals surface area contributed by atoms with E-state index in [1.807, 2.05) is 12.1 Å². The average molecular weight is 550 g/mol. The number of nitriles is 1. The van der Waals surface area contributed by atoms with Crippen molar-refractivity contribution in [3.05, 3.63) is 58.4 Å².